The lowest BCUT2D eigenvalue weighted by molar-refractivity contribution is 0.0600. The van der Waals surface area contributed by atoms with Gasteiger partial charge in [-0.3, -0.25) is 9.69 Å². The second-order valence-electron chi connectivity index (χ2n) is 6.64. The molecule has 1 aliphatic heterocycles. The van der Waals surface area contributed by atoms with Crippen LogP contribution in [-0.2, 0) is 17.7 Å². The van der Waals surface area contributed by atoms with Crippen molar-refractivity contribution < 1.29 is 14.3 Å². The topological polar surface area (TPSA) is 58.6 Å². The number of hydrogen-bond donors (Lipinski definition) is 1. The molecule has 150 valence electrons. The molecule has 1 aliphatic rings. The number of hydrogen-bond acceptors (Lipinski definition) is 6. The Bertz CT molecular complexity index is 863. The van der Waals surface area contributed by atoms with Crippen LogP contribution in [0.4, 0.5) is 5.00 Å². The molecule has 0 bridgehead atoms. The molecule has 0 spiro atoms. The number of benzene rings is 1. The fraction of sp³-hybridized carbons (Fsp3) is 0.429. The van der Waals surface area contributed by atoms with Crippen molar-refractivity contribution in [1.82, 2.24) is 4.90 Å². The van der Waals surface area contributed by atoms with E-state index >= 15 is 0 Å². The van der Waals surface area contributed by atoms with Crippen LogP contribution in [0.1, 0.15) is 51.4 Å². The zero-order valence-corrected chi connectivity index (χ0v) is 18.2. The molecule has 0 radical (unpaired) electrons. The SMILES string of the molecule is CCCN1CCc2c(sc(NC(=O)c3cccc(SCC)c3)c2C(=O)OC)C1. The summed E-state index contributed by atoms with van der Waals surface area (Å²) in [6.45, 7) is 7.02. The van der Waals surface area contributed by atoms with E-state index < -0.39 is 0 Å². The van der Waals surface area contributed by atoms with Crippen LogP contribution in [0.15, 0.2) is 29.2 Å². The first-order chi connectivity index (χ1) is 13.6. The second kappa shape index (κ2) is 9.58. The Morgan fingerprint density at radius 2 is 2.14 bits per heavy atom. The third-order valence-electron chi connectivity index (χ3n) is 4.70. The van der Waals surface area contributed by atoms with E-state index in [2.05, 4.69) is 24.1 Å². The van der Waals surface area contributed by atoms with Crippen molar-refractivity contribution in [2.24, 2.45) is 0 Å². The largest absolute Gasteiger partial charge is 0.465 e. The zero-order chi connectivity index (χ0) is 20.1. The van der Waals surface area contributed by atoms with Crippen molar-refractivity contribution in [3.8, 4) is 0 Å². The van der Waals surface area contributed by atoms with Gasteiger partial charge >= 0.3 is 5.97 Å². The van der Waals surface area contributed by atoms with Gasteiger partial charge in [-0.2, -0.15) is 0 Å². The molecule has 2 aromatic rings. The van der Waals surface area contributed by atoms with Crippen LogP contribution in [0, 0.1) is 0 Å². The second-order valence-corrected chi connectivity index (χ2v) is 9.08. The van der Waals surface area contributed by atoms with Crippen LogP contribution in [0.2, 0.25) is 0 Å². The minimum absolute atomic E-state index is 0.201. The van der Waals surface area contributed by atoms with E-state index in [4.69, 9.17) is 4.74 Å². The predicted octanol–water partition coefficient (Wildman–Crippen LogP) is 4.67. The Kier molecular flexibility index (Phi) is 7.15. The maximum Gasteiger partial charge on any atom is 0.341 e. The molecule has 1 N–H and O–H groups in total. The number of esters is 1. The summed E-state index contributed by atoms with van der Waals surface area (Å²) in [4.78, 5) is 29.9. The molecule has 5 nitrogen and oxygen atoms in total. The van der Waals surface area contributed by atoms with E-state index in [0.717, 1.165) is 53.6 Å². The number of amides is 1. The van der Waals surface area contributed by atoms with Crippen LogP contribution < -0.4 is 5.32 Å². The number of anilines is 1. The molecule has 2 heterocycles. The van der Waals surface area contributed by atoms with Gasteiger partial charge in [0.15, 0.2) is 0 Å². The maximum atomic E-state index is 12.8. The standard InChI is InChI=1S/C21H26N2O3S2/c1-4-10-23-11-9-16-17(13-23)28-20(18(16)21(25)26-3)22-19(24)14-7-6-8-15(12-14)27-5-2/h6-8,12H,4-5,9-11,13H2,1-3H3,(H,22,24). The number of fused-ring (bicyclic) bond motifs is 1. The van der Waals surface area contributed by atoms with Gasteiger partial charge in [-0.25, -0.2) is 4.79 Å². The number of nitrogens with zero attached hydrogens (tertiary/aromatic N) is 1. The molecule has 3 rings (SSSR count). The quantitative estimate of drug-likeness (QED) is 0.523. The minimum Gasteiger partial charge on any atom is -0.465 e. The molecule has 1 aromatic carbocycles. The van der Waals surface area contributed by atoms with Gasteiger partial charge in [0, 0.05) is 28.4 Å². The summed E-state index contributed by atoms with van der Waals surface area (Å²) in [6.07, 6.45) is 1.90. The molecule has 0 unspecified atom stereocenters. The lowest BCUT2D eigenvalue weighted by atomic mass is 10.0. The van der Waals surface area contributed by atoms with Crippen LogP contribution in [0.25, 0.3) is 0 Å². The third-order valence-corrected chi connectivity index (χ3v) is 6.71. The lowest BCUT2D eigenvalue weighted by Gasteiger charge is -2.26. The molecule has 0 fully saturated rings. The van der Waals surface area contributed by atoms with Crippen molar-refractivity contribution in [3.63, 3.8) is 0 Å². The number of rotatable bonds is 7. The van der Waals surface area contributed by atoms with Crippen LogP contribution in [0.5, 0.6) is 0 Å². The highest BCUT2D eigenvalue weighted by Gasteiger charge is 2.29. The number of nitrogens with one attached hydrogen (secondary N) is 1. The van der Waals surface area contributed by atoms with Gasteiger partial charge in [0.1, 0.15) is 5.00 Å². The van der Waals surface area contributed by atoms with Crippen LogP contribution in [0.3, 0.4) is 0 Å². The summed E-state index contributed by atoms with van der Waals surface area (Å²) in [5.41, 5.74) is 2.13. The van der Waals surface area contributed by atoms with Crippen molar-refractivity contribution in [2.45, 2.75) is 38.1 Å². The molecule has 1 amide bonds. The van der Waals surface area contributed by atoms with Gasteiger partial charge in [0.25, 0.3) is 5.91 Å². The lowest BCUT2D eigenvalue weighted by Crippen LogP contribution is -2.30. The summed E-state index contributed by atoms with van der Waals surface area (Å²) >= 11 is 3.19. The van der Waals surface area contributed by atoms with Crippen LogP contribution in [-0.4, -0.2) is 42.7 Å². The van der Waals surface area contributed by atoms with Crippen molar-refractivity contribution >= 4 is 40.0 Å². The summed E-state index contributed by atoms with van der Waals surface area (Å²) in [5.74, 6) is 0.364. The van der Waals surface area contributed by atoms with Crippen LogP contribution >= 0.6 is 23.1 Å². The number of carbonyl (C=O) groups is 2. The Morgan fingerprint density at radius 3 is 2.86 bits per heavy atom. The van der Waals surface area contributed by atoms with Gasteiger partial charge in [-0.1, -0.05) is 19.9 Å². The molecule has 0 saturated heterocycles. The highest BCUT2D eigenvalue weighted by Crippen LogP contribution is 2.38. The third kappa shape index (κ3) is 4.59. The number of thioether (sulfide) groups is 1. The molecule has 28 heavy (non-hydrogen) atoms. The highest BCUT2D eigenvalue weighted by molar-refractivity contribution is 7.99. The first-order valence-electron chi connectivity index (χ1n) is 9.56. The van der Waals surface area contributed by atoms with Gasteiger partial charge < -0.3 is 10.1 Å². The smallest absolute Gasteiger partial charge is 0.341 e. The molecular formula is C21H26N2O3S2. The van der Waals surface area contributed by atoms with E-state index in [1.807, 2.05) is 18.2 Å². The van der Waals surface area contributed by atoms with E-state index in [1.165, 1.54) is 18.4 Å². The van der Waals surface area contributed by atoms with Gasteiger partial charge in [-0.15, -0.1) is 23.1 Å². The highest BCUT2D eigenvalue weighted by atomic mass is 32.2. The summed E-state index contributed by atoms with van der Waals surface area (Å²) < 4.78 is 5.01. The zero-order valence-electron chi connectivity index (χ0n) is 16.5. The van der Waals surface area contributed by atoms with E-state index in [0.29, 0.717) is 16.1 Å². The fourth-order valence-corrected chi connectivity index (χ4v) is 5.43. The Morgan fingerprint density at radius 1 is 1.32 bits per heavy atom. The Hall–Kier alpha value is -1.83. The average Bonchev–Trinajstić information content (AvgIpc) is 3.05. The van der Waals surface area contributed by atoms with Gasteiger partial charge in [0.2, 0.25) is 0 Å². The van der Waals surface area contributed by atoms with E-state index in [9.17, 15) is 9.59 Å². The molecular weight excluding hydrogens is 392 g/mol. The number of ether oxygens (including phenoxy) is 1. The molecule has 1 aromatic heterocycles. The Balaban J connectivity index is 1.88. The normalized spacial score (nSPS) is 13.8. The first kappa shape index (κ1) is 20.9. The summed E-state index contributed by atoms with van der Waals surface area (Å²) in [7, 11) is 1.38. The van der Waals surface area contributed by atoms with Crippen molar-refractivity contribution in [1.29, 1.82) is 0 Å². The molecule has 0 aliphatic carbocycles. The minimum atomic E-state index is -0.382. The maximum absolute atomic E-state index is 12.8. The molecule has 0 atom stereocenters. The summed E-state index contributed by atoms with van der Waals surface area (Å²) in [6, 6.07) is 7.56. The number of methoxy groups -OCH3 is 1. The predicted molar refractivity (Wildman–Crippen MR) is 116 cm³/mol. The Labute approximate surface area is 174 Å². The number of carbonyl (C=O) groups excluding carboxylic acids is 2. The van der Waals surface area contributed by atoms with Crippen molar-refractivity contribution in [3.05, 3.63) is 45.8 Å². The first-order valence-corrected chi connectivity index (χ1v) is 11.4. The monoisotopic (exact) mass is 418 g/mol. The van der Waals surface area contributed by atoms with Gasteiger partial charge in [0.05, 0.1) is 12.7 Å². The average molecular weight is 419 g/mol. The molecule has 0 saturated carbocycles. The fourth-order valence-electron chi connectivity index (χ4n) is 3.44. The van der Waals surface area contributed by atoms with E-state index in [-0.39, 0.29) is 11.9 Å². The molecule has 7 heteroatoms. The van der Waals surface area contributed by atoms with Gasteiger partial charge in [-0.05, 0) is 48.9 Å². The van der Waals surface area contributed by atoms with E-state index in [1.54, 1.807) is 17.8 Å². The summed E-state index contributed by atoms with van der Waals surface area (Å²) in [5, 5.41) is 3.56. The van der Waals surface area contributed by atoms with Crippen molar-refractivity contribution in [2.75, 3.05) is 31.3 Å². The number of thiophene rings is 1.